The highest BCUT2D eigenvalue weighted by Gasteiger charge is 2.11. The van der Waals surface area contributed by atoms with Gasteiger partial charge in [0.05, 0.1) is 13.2 Å². The average Bonchev–Trinajstić information content (AvgIpc) is 2.85. The number of hydrogen-bond donors (Lipinski definition) is 1. The van der Waals surface area contributed by atoms with E-state index in [4.69, 9.17) is 4.74 Å². The van der Waals surface area contributed by atoms with E-state index in [1.807, 2.05) is 11.3 Å². The zero-order chi connectivity index (χ0) is 11.2. The van der Waals surface area contributed by atoms with E-state index < -0.39 is 0 Å². The number of nitrogens with one attached hydrogen (secondary N) is 1. The van der Waals surface area contributed by atoms with Crippen LogP contribution in [0.15, 0.2) is 29.2 Å². The van der Waals surface area contributed by atoms with E-state index in [0.717, 1.165) is 32.6 Å². The molecule has 2 nitrogen and oxygen atoms in total. The molecule has 1 aliphatic rings. The van der Waals surface area contributed by atoms with Crippen LogP contribution >= 0.6 is 11.3 Å². The quantitative estimate of drug-likeness (QED) is 0.794. The highest BCUT2D eigenvalue weighted by Crippen LogP contribution is 2.21. The molecular weight excluding hydrogens is 218 g/mol. The summed E-state index contributed by atoms with van der Waals surface area (Å²) in [5.74, 6) is 0. The molecule has 1 aliphatic heterocycles. The molecule has 0 fully saturated rings. The molecule has 0 saturated heterocycles. The van der Waals surface area contributed by atoms with Gasteiger partial charge in [0.1, 0.15) is 0 Å². The molecule has 1 aromatic heterocycles. The van der Waals surface area contributed by atoms with Gasteiger partial charge in [-0.1, -0.05) is 19.1 Å². The molecule has 1 aromatic rings. The highest BCUT2D eigenvalue weighted by atomic mass is 32.1. The molecule has 0 radical (unpaired) electrons. The van der Waals surface area contributed by atoms with Gasteiger partial charge in [-0.2, -0.15) is 0 Å². The summed E-state index contributed by atoms with van der Waals surface area (Å²) in [5.41, 5.74) is 1.39. The van der Waals surface area contributed by atoms with E-state index in [2.05, 4.69) is 35.8 Å². The molecule has 0 aromatic carbocycles. The summed E-state index contributed by atoms with van der Waals surface area (Å²) in [5, 5.41) is 5.75. The van der Waals surface area contributed by atoms with Crippen LogP contribution in [0.3, 0.4) is 0 Å². The molecular formula is C13H19NOS. The van der Waals surface area contributed by atoms with Crippen LogP contribution in [0.4, 0.5) is 0 Å². The zero-order valence-electron chi connectivity index (χ0n) is 9.74. The van der Waals surface area contributed by atoms with Gasteiger partial charge in [0.2, 0.25) is 0 Å². The van der Waals surface area contributed by atoms with Crippen LogP contribution in [0, 0.1) is 0 Å². The summed E-state index contributed by atoms with van der Waals surface area (Å²) < 4.78 is 5.43. The molecule has 0 spiro atoms. The van der Waals surface area contributed by atoms with Crippen LogP contribution < -0.4 is 5.32 Å². The van der Waals surface area contributed by atoms with E-state index in [1.165, 1.54) is 10.5 Å². The Morgan fingerprint density at radius 2 is 2.50 bits per heavy atom. The van der Waals surface area contributed by atoms with Crippen molar-refractivity contribution in [2.45, 2.75) is 25.8 Å². The Morgan fingerprint density at radius 3 is 3.12 bits per heavy atom. The second kappa shape index (κ2) is 6.18. The summed E-state index contributed by atoms with van der Waals surface area (Å²) >= 11 is 1.83. The van der Waals surface area contributed by atoms with Gasteiger partial charge >= 0.3 is 0 Å². The Bertz CT molecular complexity index is 332. The van der Waals surface area contributed by atoms with Gasteiger partial charge in [-0.05, 0) is 29.9 Å². The molecule has 1 N–H and O–H groups in total. The number of ether oxygens (including phenoxy) is 1. The second-order valence-corrected chi connectivity index (χ2v) is 5.04. The maximum atomic E-state index is 5.43. The van der Waals surface area contributed by atoms with Gasteiger partial charge in [0.25, 0.3) is 0 Å². The number of hydrogen-bond acceptors (Lipinski definition) is 3. The van der Waals surface area contributed by atoms with Gasteiger partial charge in [0, 0.05) is 17.5 Å². The van der Waals surface area contributed by atoms with Gasteiger partial charge < -0.3 is 10.1 Å². The van der Waals surface area contributed by atoms with Crippen molar-refractivity contribution in [1.29, 1.82) is 0 Å². The van der Waals surface area contributed by atoms with Gasteiger partial charge in [-0.25, -0.2) is 0 Å². The summed E-state index contributed by atoms with van der Waals surface area (Å²) in [7, 11) is 0. The lowest BCUT2D eigenvalue weighted by atomic mass is 10.1. The van der Waals surface area contributed by atoms with Crippen molar-refractivity contribution in [3.05, 3.63) is 34.0 Å². The van der Waals surface area contributed by atoms with E-state index >= 15 is 0 Å². The normalized spacial score (nSPS) is 18.2. The van der Waals surface area contributed by atoms with E-state index in [0.29, 0.717) is 6.04 Å². The van der Waals surface area contributed by atoms with Gasteiger partial charge in [-0.15, -0.1) is 11.3 Å². The van der Waals surface area contributed by atoms with Crippen molar-refractivity contribution in [2.75, 3.05) is 19.8 Å². The first kappa shape index (κ1) is 11.8. The Balaban J connectivity index is 1.85. The molecule has 0 aliphatic carbocycles. The Morgan fingerprint density at radius 1 is 1.56 bits per heavy atom. The van der Waals surface area contributed by atoms with Crippen LogP contribution in [-0.4, -0.2) is 19.8 Å². The summed E-state index contributed by atoms with van der Waals surface area (Å²) in [6, 6.07) is 4.81. The van der Waals surface area contributed by atoms with Crippen molar-refractivity contribution in [3.8, 4) is 0 Å². The molecule has 88 valence electrons. The molecule has 1 atom stereocenters. The lowest BCUT2D eigenvalue weighted by Crippen LogP contribution is -2.25. The number of thiophene rings is 1. The largest absolute Gasteiger partial charge is 0.377 e. The lowest BCUT2D eigenvalue weighted by molar-refractivity contribution is 0.148. The van der Waals surface area contributed by atoms with Crippen LogP contribution in [0.2, 0.25) is 0 Å². The lowest BCUT2D eigenvalue weighted by Gasteiger charge is -2.19. The van der Waals surface area contributed by atoms with E-state index in [-0.39, 0.29) is 0 Å². The fraction of sp³-hybridized carbons (Fsp3) is 0.538. The SMILES string of the molecule is CCC(NCC1=CCCOC1)c1cccs1. The molecule has 3 heteroatoms. The maximum absolute atomic E-state index is 5.43. The summed E-state index contributed by atoms with van der Waals surface area (Å²) in [4.78, 5) is 1.43. The van der Waals surface area contributed by atoms with Crippen LogP contribution in [0.1, 0.15) is 30.7 Å². The zero-order valence-corrected chi connectivity index (χ0v) is 10.6. The van der Waals surface area contributed by atoms with E-state index in [1.54, 1.807) is 0 Å². The topological polar surface area (TPSA) is 21.3 Å². The average molecular weight is 237 g/mol. The van der Waals surface area contributed by atoms with Crippen LogP contribution in [0.25, 0.3) is 0 Å². The van der Waals surface area contributed by atoms with Crippen molar-refractivity contribution >= 4 is 11.3 Å². The minimum atomic E-state index is 0.489. The number of rotatable bonds is 5. The first-order valence-electron chi connectivity index (χ1n) is 5.92. The monoisotopic (exact) mass is 237 g/mol. The van der Waals surface area contributed by atoms with Gasteiger partial charge in [-0.3, -0.25) is 0 Å². The Hall–Kier alpha value is -0.640. The molecule has 0 bridgehead atoms. The third-order valence-corrected chi connectivity index (χ3v) is 3.84. The fourth-order valence-corrected chi connectivity index (χ4v) is 2.81. The van der Waals surface area contributed by atoms with Crippen LogP contribution in [0.5, 0.6) is 0 Å². The molecule has 2 heterocycles. The molecule has 0 saturated carbocycles. The minimum absolute atomic E-state index is 0.489. The minimum Gasteiger partial charge on any atom is -0.377 e. The smallest absolute Gasteiger partial charge is 0.0689 e. The third-order valence-electron chi connectivity index (χ3n) is 2.85. The Kier molecular flexibility index (Phi) is 4.57. The maximum Gasteiger partial charge on any atom is 0.0689 e. The van der Waals surface area contributed by atoms with Crippen molar-refractivity contribution in [3.63, 3.8) is 0 Å². The predicted octanol–water partition coefficient (Wildman–Crippen LogP) is 3.14. The first-order chi connectivity index (χ1) is 7.90. The van der Waals surface area contributed by atoms with Crippen molar-refractivity contribution < 1.29 is 4.74 Å². The highest BCUT2D eigenvalue weighted by molar-refractivity contribution is 7.10. The van der Waals surface area contributed by atoms with Crippen LogP contribution in [-0.2, 0) is 4.74 Å². The fourth-order valence-electron chi connectivity index (χ4n) is 1.92. The van der Waals surface area contributed by atoms with E-state index in [9.17, 15) is 0 Å². The molecule has 0 amide bonds. The molecule has 1 unspecified atom stereocenters. The first-order valence-corrected chi connectivity index (χ1v) is 6.80. The standard InChI is InChI=1S/C13H19NOS/c1-2-12(13-6-4-8-16-13)14-9-11-5-3-7-15-10-11/h4-6,8,12,14H,2-3,7,9-10H2,1H3. The van der Waals surface area contributed by atoms with Crippen molar-refractivity contribution in [1.82, 2.24) is 5.32 Å². The molecule has 2 rings (SSSR count). The second-order valence-electron chi connectivity index (χ2n) is 4.06. The third kappa shape index (κ3) is 3.17. The van der Waals surface area contributed by atoms with Gasteiger partial charge in [0.15, 0.2) is 0 Å². The summed E-state index contributed by atoms with van der Waals surface area (Å²) in [6.07, 6.45) is 4.50. The van der Waals surface area contributed by atoms with Crippen molar-refractivity contribution in [2.24, 2.45) is 0 Å². The summed E-state index contributed by atoms with van der Waals surface area (Å²) in [6.45, 7) is 4.86. The predicted molar refractivity (Wildman–Crippen MR) is 68.9 cm³/mol. The Labute approximate surface area is 101 Å². The molecule has 16 heavy (non-hydrogen) atoms.